The van der Waals surface area contributed by atoms with Crippen molar-refractivity contribution in [1.82, 2.24) is 15.1 Å². The number of carbonyl (C=O) groups is 1. The lowest BCUT2D eigenvalue weighted by Gasteiger charge is -2.22. The van der Waals surface area contributed by atoms with Crippen LogP contribution in [0.2, 0.25) is 0 Å². The van der Waals surface area contributed by atoms with E-state index in [0.717, 1.165) is 22.3 Å². The van der Waals surface area contributed by atoms with E-state index in [1.807, 2.05) is 45.0 Å². The number of hydrogen-bond donors (Lipinski definition) is 2. The van der Waals surface area contributed by atoms with Gasteiger partial charge in [0.05, 0.1) is 12.2 Å². The van der Waals surface area contributed by atoms with Crippen molar-refractivity contribution in [3.05, 3.63) is 53.5 Å². The molecule has 2 heterocycles. The monoisotopic (exact) mass is 341 g/mol. The van der Waals surface area contributed by atoms with Crippen molar-refractivity contribution in [3.8, 4) is 0 Å². The molecule has 0 fully saturated rings. The van der Waals surface area contributed by atoms with Crippen LogP contribution in [0.15, 0.2) is 41.1 Å². The maximum atomic E-state index is 12.5. The Bertz CT molecular complexity index is 894. The highest BCUT2D eigenvalue weighted by Gasteiger charge is 2.28. The SMILES string of the molecule is Cc1c([C@@H](NC(=O)[C@H](O)c2cnn(C)c2)C(C)C)oc2ccccc12. The van der Waals surface area contributed by atoms with E-state index in [9.17, 15) is 9.90 Å². The van der Waals surface area contributed by atoms with E-state index in [0.29, 0.717) is 5.56 Å². The molecule has 3 rings (SSSR count). The topological polar surface area (TPSA) is 80.3 Å². The summed E-state index contributed by atoms with van der Waals surface area (Å²) in [6, 6.07) is 7.47. The molecular formula is C19H23N3O3. The van der Waals surface area contributed by atoms with Crippen LogP contribution < -0.4 is 5.32 Å². The number of carbonyl (C=O) groups excluding carboxylic acids is 1. The second-order valence-electron chi connectivity index (χ2n) is 6.67. The van der Waals surface area contributed by atoms with E-state index in [1.165, 1.54) is 6.20 Å². The molecule has 0 radical (unpaired) electrons. The standard InChI is InChI=1S/C19H23N3O3/c1-11(2)16(18-12(3)14-7-5-6-8-15(14)25-18)21-19(24)17(23)13-9-20-22(4)10-13/h5-11,16-17,23H,1-4H3,(H,21,24)/t16-,17+/m0/s1. The predicted molar refractivity (Wildman–Crippen MR) is 94.8 cm³/mol. The minimum atomic E-state index is -1.26. The number of nitrogens with one attached hydrogen (secondary N) is 1. The molecule has 0 saturated carbocycles. The summed E-state index contributed by atoms with van der Waals surface area (Å²) in [5.74, 6) is 0.360. The molecular weight excluding hydrogens is 318 g/mol. The summed E-state index contributed by atoms with van der Waals surface area (Å²) in [7, 11) is 1.74. The summed E-state index contributed by atoms with van der Waals surface area (Å²) in [6.45, 7) is 6.00. The van der Waals surface area contributed by atoms with Crippen molar-refractivity contribution in [2.75, 3.05) is 0 Å². The van der Waals surface area contributed by atoms with E-state index < -0.39 is 12.0 Å². The fourth-order valence-corrected chi connectivity index (χ4v) is 2.99. The number of para-hydroxylation sites is 1. The summed E-state index contributed by atoms with van der Waals surface area (Å²) in [4.78, 5) is 12.5. The fraction of sp³-hybridized carbons (Fsp3) is 0.368. The van der Waals surface area contributed by atoms with Gasteiger partial charge in [-0.25, -0.2) is 0 Å². The van der Waals surface area contributed by atoms with Crippen LogP contribution in [0.4, 0.5) is 0 Å². The maximum Gasteiger partial charge on any atom is 0.254 e. The Morgan fingerprint density at radius 2 is 2.04 bits per heavy atom. The van der Waals surface area contributed by atoms with E-state index in [2.05, 4.69) is 10.4 Å². The smallest absolute Gasteiger partial charge is 0.254 e. The number of nitrogens with zero attached hydrogens (tertiary/aromatic N) is 2. The normalized spacial score (nSPS) is 14.0. The third kappa shape index (κ3) is 3.30. The number of benzene rings is 1. The zero-order valence-electron chi connectivity index (χ0n) is 14.9. The van der Waals surface area contributed by atoms with Crippen molar-refractivity contribution >= 4 is 16.9 Å². The molecule has 0 aliphatic carbocycles. The second-order valence-corrected chi connectivity index (χ2v) is 6.67. The number of furan rings is 1. The van der Waals surface area contributed by atoms with Gasteiger partial charge in [-0.3, -0.25) is 9.48 Å². The molecule has 1 amide bonds. The third-order valence-electron chi connectivity index (χ3n) is 4.42. The first-order valence-corrected chi connectivity index (χ1v) is 8.33. The van der Waals surface area contributed by atoms with E-state index >= 15 is 0 Å². The lowest BCUT2D eigenvalue weighted by molar-refractivity contribution is -0.130. The van der Waals surface area contributed by atoms with Gasteiger partial charge in [-0.2, -0.15) is 5.10 Å². The summed E-state index contributed by atoms with van der Waals surface area (Å²) < 4.78 is 7.55. The van der Waals surface area contributed by atoms with Gasteiger partial charge in [0, 0.05) is 29.8 Å². The molecule has 0 saturated heterocycles. The Hall–Kier alpha value is -2.60. The van der Waals surface area contributed by atoms with Crippen LogP contribution in [0.1, 0.15) is 42.9 Å². The Labute approximate surface area is 146 Å². The zero-order chi connectivity index (χ0) is 18.1. The van der Waals surface area contributed by atoms with Gasteiger partial charge in [-0.05, 0) is 18.9 Å². The van der Waals surface area contributed by atoms with Gasteiger partial charge in [0.1, 0.15) is 11.3 Å². The number of aliphatic hydroxyl groups is 1. The van der Waals surface area contributed by atoms with Crippen molar-refractivity contribution in [2.45, 2.75) is 32.9 Å². The Morgan fingerprint density at radius 1 is 1.32 bits per heavy atom. The Morgan fingerprint density at radius 3 is 2.64 bits per heavy atom. The zero-order valence-corrected chi connectivity index (χ0v) is 14.9. The highest BCUT2D eigenvalue weighted by molar-refractivity contribution is 5.84. The molecule has 0 aliphatic heterocycles. The maximum absolute atomic E-state index is 12.5. The molecule has 6 nitrogen and oxygen atoms in total. The van der Waals surface area contributed by atoms with Crippen molar-refractivity contribution in [3.63, 3.8) is 0 Å². The first-order chi connectivity index (χ1) is 11.9. The van der Waals surface area contributed by atoms with Gasteiger partial charge < -0.3 is 14.8 Å². The quantitative estimate of drug-likeness (QED) is 0.747. The first kappa shape index (κ1) is 17.2. The van der Waals surface area contributed by atoms with E-state index in [1.54, 1.807) is 17.9 Å². The first-order valence-electron chi connectivity index (χ1n) is 8.33. The summed E-state index contributed by atoms with van der Waals surface area (Å²) in [6.07, 6.45) is 1.85. The van der Waals surface area contributed by atoms with Gasteiger partial charge in [0.25, 0.3) is 5.91 Å². The van der Waals surface area contributed by atoms with Crippen LogP contribution in [-0.4, -0.2) is 20.8 Å². The number of aromatic nitrogens is 2. The van der Waals surface area contributed by atoms with Gasteiger partial charge in [0.2, 0.25) is 0 Å². The van der Waals surface area contributed by atoms with E-state index in [-0.39, 0.29) is 12.0 Å². The highest BCUT2D eigenvalue weighted by atomic mass is 16.3. The third-order valence-corrected chi connectivity index (χ3v) is 4.42. The molecule has 2 atom stereocenters. The van der Waals surface area contributed by atoms with Crippen LogP contribution in [0.25, 0.3) is 11.0 Å². The van der Waals surface area contributed by atoms with Crippen molar-refractivity contribution in [2.24, 2.45) is 13.0 Å². The van der Waals surface area contributed by atoms with Crippen LogP contribution in [0, 0.1) is 12.8 Å². The minimum Gasteiger partial charge on any atom is -0.459 e. The fourth-order valence-electron chi connectivity index (χ4n) is 2.99. The molecule has 0 spiro atoms. The number of fused-ring (bicyclic) bond motifs is 1. The molecule has 0 aliphatic rings. The summed E-state index contributed by atoms with van der Waals surface area (Å²) in [5.41, 5.74) is 2.26. The van der Waals surface area contributed by atoms with Crippen LogP contribution >= 0.6 is 0 Å². The molecule has 0 unspecified atom stereocenters. The molecule has 6 heteroatoms. The molecule has 0 bridgehead atoms. The van der Waals surface area contributed by atoms with Gasteiger partial charge in [-0.15, -0.1) is 0 Å². The van der Waals surface area contributed by atoms with Gasteiger partial charge in [0.15, 0.2) is 6.10 Å². The van der Waals surface area contributed by atoms with Gasteiger partial charge >= 0.3 is 0 Å². The number of rotatable bonds is 5. The Kier molecular flexibility index (Phi) is 4.63. The average Bonchev–Trinajstić information content (AvgIpc) is 3.16. The highest BCUT2D eigenvalue weighted by Crippen LogP contribution is 2.33. The average molecular weight is 341 g/mol. The Balaban J connectivity index is 1.88. The second kappa shape index (κ2) is 6.72. The molecule has 3 aromatic rings. The van der Waals surface area contributed by atoms with Crippen molar-refractivity contribution < 1.29 is 14.3 Å². The molecule has 1 aromatic carbocycles. The largest absolute Gasteiger partial charge is 0.459 e. The summed E-state index contributed by atoms with van der Waals surface area (Å²) in [5, 5.41) is 18.2. The lowest BCUT2D eigenvalue weighted by atomic mass is 9.97. The van der Waals surface area contributed by atoms with E-state index in [4.69, 9.17) is 4.42 Å². The molecule has 25 heavy (non-hydrogen) atoms. The number of aliphatic hydroxyl groups excluding tert-OH is 1. The predicted octanol–water partition coefficient (Wildman–Crippen LogP) is 3.02. The van der Waals surface area contributed by atoms with Crippen molar-refractivity contribution in [1.29, 1.82) is 0 Å². The summed E-state index contributed by atoms with van der Waals surface area (Å²) >= 11 is 0. The number of hydrogen-bond acceptors (Lipinski definition) is 4. The number of aryl methyl sites for hydroxylation is 2. The molecule has 2 aromatic heterocycles. The van der Waals surface area contributed by atoms with Gasteiger partial charge in [-0.1, -0.05) is 32.0 Å². The van der Waals surface area contributed by atoms with Crippen LogP contribution in [0.5, 0.6) is 0 Å². The number of amides is 1. The molecule has 132 valence electrons. The van der Waals surface area contributed by atoms with Crippen LogP contribution in [0.3, 0.4) is 0 Å². The molecule has 2 N–H and O–H groups in total. The van der Waals surface area contributed by atoms with Crippen LogP contribution in [-0.2, 0) is 11.8 Å². The lowest BCUT2D eigenvalue weighted by Crippen LogP contribution is -2.35. The minimum absolute atomic E-state index is 0.101.